The highest BCUT2D eigenvalue weighted by Crippen LogP contribution is 2.29. The summed E-state index contributed by atoms with van der Waals surface area (Å²) in [6.07, 6.45) is 0.939. The zero-order chi connectivity index (χ0) is 14.4. The van der Waals surface area contributed by atoms with Crippen LogP contribution in [0.4, 0.5) is 0 Å². The minimum atomic E-state index is 0.306. The van der Waals surface area contributed by atoms with E-state index >= 15 is 0 Å². The molecule has 1 heterocycles. The van der Waals surface area contributed by atoms with Crippen LogP contribution in [0.3, 0.4) is 0 Å². The first-order chi connectivity index (χ1) is 9.76. The third kappa shape index (κ3) is 3.74. The maximum Gasteiger partial charge on any atom is 0.129 e. The molecule has 0 bridgehead atoms. The first-order valence-electron chi connectivity index (χ1n) is 6.75. The van der Waals surface area contributed by atoms with Crippen molar-refractivity contribution in [2.45, 2.75) is 19.4 Å². The molecule has 1 N–H and O–H groups in total. The van der Waals surface area contributed by atoms with Gasteiger partial charge >= 0.3 is 0 Å². The quantitative estimate of drug-likeness (QED) is 0.844. The van der Waals surface area contributed by atoms with Gasteiger partial charge in [-0.2, -0.15) is 0 Å². The van der Waals surface area contributed by atoms with E-state index < -0.39 is 0 Å². The molecule has 2 aromatic rings. The number of benzene rings is 1. The lowest BCUT2D eigenvalue weighted by Gasteiger charge is -2.16. The highest BCUT2D eigenvalue weighted by atomic mass is 32.1. The SMILES string of the molecule is CCNC(Cc1cccc(OC)c1)c1cc(OC)cs1. The summed E-state index contributed by atoms with van der Waals surface area (Å²) in [5, 5.41) is 5.58. The molecule has 108 valence electrons. The lowest BCUT2D eigenvalue weighted by Crippen LogP contribution is -2.22. The van der Waals surface area contributed by atoms with Crippen LogP contribution in [0.15, 0.2) is 35.7 Å². The minimum absolute atomic E-state index is 0.306. The van der Waals surface area contributed by atoms with Gasteiger partial charge in [-0.1, -0.05) is 19.1 Å². The largest absolute Gasteiger partial charge is 0.497 e. The second-order valence-corrected chi connectivity index (χ2v) is 5.50. The third-order valence-electron chi connectivity index (χ3n) is 3.20. The fourth-order valence-corrected chi connectivity index (χ4v) is 3.11. The van der Waals surface area contributed by atoms with Crippen molar-refractivity contribution in [2.24, 2.45) is 0 Å². The molecule has 0 amide bonds. The number of rotatable bonds is 7. The van der Waals surface area contributed by atoms with E-state index in [-0.39, 0.29) is 0 Å². The molecule has 1 unspecified atom stereocenters. The van der Waals surface area contributed by atoms with E-state index in [4.69, 9.17) is 9.47 Å². The van der Waals surface area contributed by atoms with Crippen LogP contribution in [0.5, 0.6) is 11.5 Å². The zero-order valence-electron chi connectivity index (χ0n) is 12.2. The molecule has 20 heavy (non-hydrogen) atoms. The van der Waals surface area contributed by atoms with E-state index in [0.717, 1.165) is 24.5 Å². The molecule has 0 aliphatic heterocycles. The van der Waals surface area contributed by atoms with E-state index in [1.54, 1.807) is 25.6 Å². The van der Waals surface area contributed by atoms with Gasteiger partial charge in [0.1, 0.15) is 11.5 Å². The Kier molecular flexibility index (Phi) is 5.44. The second kappa shape index (κ2) is 7.31. The summed E-state index contributed by atoms with van der Waals surface area (Å²) in [4.78, 5) is 1.30. The van der Waals surface area contributed by atoms with Crippen LogP contribution in [0.25, 0.3) is 0 Å². The standard InChI is InChI=1S/C16H21NO2S/c1-4-17-15(16-10-14(19-3)11-20-16)9-12-6-5-7-13(8-12)18-2/h5-8,10-11,15,17H,4,9H2,1-3H3. The number of likely N-dealkylation sites (N-methyl/N-ethyl adjacent to an activating group) is 1. The van der Waals surface area contributed by atoms with Crippen molar-refractivity contribution in [3.63, 3.8) is 0 Å². The van der Waals surface area contributed by atoms with Crippen LogP contribution < -0.4 is 14.8 Å². The summed E-state index contributed by atoms with van der Waals surface area (Å²) >= 11 is 1.73. The second-order valence-electron chi connectivity index (χ2n) is 4.55. The van der Waals surface area contributed by atoms with E-state index in [2.05, 4.69) is 30.4 Å². The number of thiophene rings is 1. The Balaban J connectivity index is 2.15. The van der Waals surface area contributed by atoms with Crippen LogP contribution in [-0.2, 0) is 6.42 Å². The van der Waals surface area contributed by atoms with E-state index in [0.29, 0.717) is 6.04 Å². The normalized spacial score (nSPS) is 12.2. The van der Waals surface area contributed by atoms with Gasteiger partial charge in [0.15, 0.2) is 0 Å². The summed E-state index contributed by atoms with van der Waals surface area (Å²) in [6, 6.07) is 10.7. The monoisotopic (exact) mass is 291 g/mol. The number of ether oxygens (including phenoxy) is 2. The molecule has 0 aliphatic carbocycles. The lowest BCUT2D eigenvalue weighted by atomic mass is 10.0. The van der Waals surface area contributed by atoms with Crippen LogP contribution in [0, 0.1) is 0 Å². The fraction of sp³-hybridized carbons (Fsp3) is 0.375. The average Bonchev–Trinajstić information content (AvgIpc) is 2.96. The lowest BCUT2D eigenvalue weighted by molar-refractivity contribution is 0.413. The summed E-state index contributed by atoms with van der Waals surface area (Å²) in [6.45, 7) is 3.07. The van der Waals surface area contributed by atoms with E-state index in [9.17, 15) is 0 Å². The van der Waals surface area contributed by atoms with Gasteiger partial charge in [0.25, 0.3) is 0 Å². The molecule has 1 aromatic carbocycles. The molecule has 4 heteroatoms. The summed E-state index contributed by atoms with van der Waals surface area (Å²) in [5.41, 5.74) is 1.27. The summed E-state index contributed by atoms with van der Waals surface area (Å²) in [7, 11) is 3.40. The molecular formula is C16H21NO2S. The Bertz CT molecular complexity index is 539. The molecule has 0 spiro atoms. The van der Waals surface area contributed by atoms with Gasteiger partial charge < -0.3 is 14.8 Å². The zero-order valence-corrected chi connectivity index (χ0v) is 13.0. The Morgan fingerprint density at radius 3 is 2.60 bits per heavy atom. The topological polar surface area (TPSA) is 30.5 Å². The molecule has 2 rings (SSSR count). The van der Waals surface area contributed by atoms with Crippen molar-refractivity contribution in [2.75, 3.05) is 20.8 Å². The van der Waals surface area contributed by atoms with Crippen molar-refractivity contribution < 1.29 is 9.47 Å². The smallest absolute Gasteiger partial charge is 0.129 e. The first kappa shape index (κ1) is 14.9. The van der Waals surface area contributed by atoms with Crippen molar-refractivity contribution in [3.8, 4) is 11.5 Å². The van der Waals surface area contributed by atoms with E-state index in [1.165, 1.54) is 10.4 Å². The van der Waals surface area contributed by atoms with Gasteiger partial charge in [-0.3, -0.25) is 0 Å². The number of hydrogen-bond acceptors (Lipinski definition) is 4. The number of hydrogen-bond donors (Lipinski definition) is 1. The van der Waals surface area contributed by atoms with Crippen LogP contribution in [0.2, 0.25) is 0 Å². The molecule has 1 atom stereocenters. The predicted octanol–water partition coefficient (Wildman–Crippen LogP) is 3.66. The Hall–Kier alpha value is -1.52. The average molecular weight is 291 g/mol. The minimum Gasteiger partial charge on any atom is -0.497 e. The maximum atomic E-state index is 5.29. The summed E-state index contributed by atoms with van der Waals surface area (Å²) in [5.74, 6) is 1.83. The van der Waals surface area contributed by atoms with Gasteiger partial charge in [0.05, 0.1) is 14.2 Å². The van der Waals surface area contributed by atoms with Crippen molar-refractivity contribution in [1.29, 1.82) is 0 Å². The molecule has 0 aliphatic rings. The Morgan fingerprint density at radius 2 is 1.95 bits per heavy atom. The van der Waals surface area contributed by atoms with Crippen LogP contribution in [-0.4, -0.2) is 20.8 Å². The van der Waals surface area contributed by atoms with Crippen molar-refractivity contribution >= 4 is 11.3 Å². The summed E-state index contributed by atoms with van der Waals surface area (Å²) < 4.78 is 10.6. The third-order valence-corrected chi connectivity index (χ3v) is 4.22. The van der Waals surface area contributed by atoms with Gasteiger partial charge in [-0.05, 0) is 36.7 Å². The Labute approximate surface area is 124 Å². The molecule has 3 nitrogen and oxygen atoms in total. The Morgan fingerprint density at radius 1 is 1.15 bits per heavy atom. The van der Waals surface area contributed by atoms with Crippen LogP contribution in [0.1, 0.15) is 23.4 Å². The van der Waals surface area contributed by atoms with Gasteiger partial charge in [-0.25, -0.2) is 0 Å². The molecular weight excluding hydrogens is 270 g/mol. The molecule has 0 radical (unpaired) electrons. The molecule has 1 aromatic heterocycles. The first-order valence-corrected chi connectivity index (χ1v) is 7.63. The van der Waals surface area contributed by atoms with E-state index in [1.807, 2.05) is 17.5 Å². The van der Waals surface area contributed by atoms with Crippen molar-refractivity contribution in [3.05, 3.63) is 46.2 Å². The van der Waals surface area contributed by atoms with Gasteiger partial charge in [0.2, 0.25) is 0 Å². The van der Waals surface area contributed by atoms with Gasteiger partial charge in [0, 0.05) is 16.3 Å². The molecule has 0 fully saturated rings. The van der Waals surface area contributed by atoms with Crippen molar-refractivity contribution in [1.82, 2.24) is 5.32 Å². The number of nitrogens with one attached hydrogen (secondary N) is 1. The number of methoxy groups -OCH3 is 2. The highest BCUT2D eigenvalue weighted by molar-refractivity contribution is 7.10. The predicted molar refractivity (Wildman–Crippen MR) is 84.0 cm³/mol. The molecule has 0 saturated heterocycles. The maximum absolute atomic E-state index is 5.29. The van der Waals surface area contributed by atoms with Crippen LogP contribution >= 0.6 is 11.3 Å². The van der Waals surface area contributed by atoms with Gasteiger partial charge in [-0.15, -0.1) is 11.3 Å². The molecule has 0 saturated carbocycles. The fourth-order valence-electron chi connectivity index (χ4n) is 2.18. The highest BCUT2D eigenvalue weighted by Gasteiger charge is 2.14.